The lowest BCUT2D eigenvalue weighted by molar-refractivity contribution is 0.0212. The molecular weight excluding hydrogens is 340 g/mol. The summed E-state index contributed by atoms with van der Waals surface area (Å²) < 4.78 is 7.96. The maximum Gasteiger partial charge on any atom is 0.209 e. The smallest absolute Gasteiger partial charge is 0.209 e. The summed E-state index contributed by atoms with van der Waals surface area (Å²) in [6.07, 6.45) is 0. The molecule has 2 heterocycles. The van der Waals surface area contributed by atoms with Gasteiger partial charge in [-0.05, 0) is 36.8 Å². The van der Waals surface area contributed by atoms with Crippen molar-refractivity contribution in [1.29, 1.82) is 0 Å². The Kier molecular flexibility index (Phi) is 5.10. The Morgan fingerprint density at radius 3 is 2.91 bits per heavy atom. The molecule has 0 spiro atoms. The minimum atomic E-state index is 0.703. The highest BCUT2D eigenvalue weighted by Crippen LogP contribution is 2.25. The van der Waals surface area contributed by atoms with Crippen LogP contribution in [0.2, 0.25) is 5.02 Å². The molecule has 1 aliphatic heterocycles. The van der Waals surface area contributed by atoms with Crippen molar-refractivity contribution in [2.24, 2.45) is 0 Å². The van der Waals surface area contributed by atoms with E-state index in [-0.39, 0.29) is 0 Å². The summed E-state index contributed by atoms with van der Waals surface area (Å²) in [5.74, 6) is 0. The largest absolute Gasteiger partial charge is 0.379 e. The summed E-state index contributed by atoms with van der Waals surface area (Å²) in [5, 5.41) is 9.32. The van der Waals surface area contributed by atoms with Crippen molar-refractivity contribution in [1.82, 2.24) is 14.7 Å². The summed E-state index contributed by atoms with van der Waals surface area (Å²) in [6, 6.07) is 5.86. The lowest BCUT2D eigenvalue weighted by Gasteiger charge is -2.26. The van der Waals surface area contributed by atoms with Crippen molar-refractivity contribution in [2.75, 3.05) is 31.6 Å². The van der Waals surface area contributed by atoms with Gasteiger partial charge in [-0.25, -0.2) is 4.68 Å². The second-order valence-corrected chi connectivity index (χ2v) is 7.16. The van der Waals surface area contributed by atoms with Crippen LogP contribution in [0, 0.1) is 10.9 Å². The monoisotopic (exact) mass is 356 g/mol. The molecule has 0 atom stereocenters. The van der Waals surface area contributed by atoms with Crippen LogP contribution in [0.25, 0.3) is 0 Å². The number of hydrogen-bond donors (Lipinski definition) is 1. The van der Waals surface area contributed by atoms with Crippen molar-refractivity contribution >= 4 is 46.0 Å². The first-order valence-electron chi connectivity index (χ1n) is 7.03. The van der Waals surface area contributed by atoms with E-state index in [1.807, 2.05) is 29.8 Å². The zero-order valence-electron chi connectivity index (χ0n) is 12.2. The van der Waals surface area contributed by atoms with E-state index >= 15 is 0 Å². The number of benzene rings is 1. The quantitative estimate of drug-likeness (QED) is 0.846. The highest BCUT2D eigenvalue weighted by Gasteiger charge is 2.13. The molecule has 0 unspecified atom stereocenters. The third kappa shape index (κ3) is 3.85. The number of hydrogen-bond acceptors (Lipinski definition) is 6. The summed E-state index contributed by atoms with van der Waals surface area (Å²) in [5.41, 5.74) is 1.97. The van der Waals surface area contributed by atoms with Gasteiger partial charge >= 0.3 is 0 Å². The lowest BCUT2D eigenvalue weighted by atomic mass is 10.2. The van der Waals surface area contributed by atoms with E-state index in [0.29, 0.717) is 6.67 Å². The SMILES string of the molecule is Cc1ccc(Nc2nn(CN3CCOCC3)c(=S)s2)cc1Cl. The summed E-state index contributed by atoms with van der Waals surface area (Å²) >= 11 is 13.0. The zero-order chi connectivity index (χ0) is 15.5. The number of rotatable bonds is 4. The number of halogens is 1. The first kappa shape index (κ1) is 15.9. The molecule has 0 radical (unpaired) electrons. The maximum atomic E-state index is 6.14. The van der Waals surface area contributed by atoms with Gasteiger partial charge in [0.2, 0.25) is 5.13 Å². The Morgan fingerprint density at radius 2 is 2.18 bits per heavy atom. The molecule has 118 valence electrons. The molecule has 1 aromatic carbocycles. The molecule has 1 N–H and O–H groups in total. The Morgan fingerprint density at radius 1 is 1.41 bits per heavy atom. The highest BCUT2D eigenvalue weighted by molar-refractivity contribution is 7.73. The van der Waals surface area contributed by atoms with E-state index < -0.39 is 0 Å². The fraction of sp³-hybridized carbons (Fsp3) is 0.429. The summed E-state index contributed by atoms with van der Waals surface area (Å²) in [4.78, 5) is 2.28. The van der Waals surface area contributed by atoms with E-state index in [2.05, 4.69) is 15.3 Å². The van der Waals surface area contributed by atoms with Crippen molar-refractivity contribution in [3.05, 3.63) is 32.7 Å². The van der Waals surface area contributed by atoms with Gasteiger partial charge < -0.3 is 10.1 Å². The average molecular weight is 357 g/mol. The second kappa shape index (κ2) is 7.06. The first-order chi connectivity index (χ1) is 10.6. The fourth-order valence-corrected chi connectivity index (χ4v) is 3.37. The third-order valence-electron chi connectivity index (χ3n) is 3.47. The fourth-order valence-electron chi connectivity index (χ4n) is 2.17. The number of anilines is 2. The third-order valence-corrected chi connectivity index (χ3v) is 5.10. The van der Waals surface area contributed by atoms with Gasteiger partial charge in [0.15, 0.2) is 3.95 Å². The van der Waals surface area contributed by atoms with Crippen molar-refractivity contribution in [2.45, 2.75) is 13.6 Å². The van der Waals surface area contributed by atoms with Gasteiger partial charge in [0, 0.05) is 23.8 Å². The van der Waals surface area contributed by atoms with Gasteiger partial charge in [0.05, 0.1) is 19.9 Å². The van der Waals surface area contributed by atoms with Crippen molar-refractivity contribution in [3.63, 3.8) is 0 Å². The molecule has 1 aromatic heterocycles. The van der Waals surface area contributed by atoms with Crippen LogP contribution in [0.4, 0.5) is 10.8 Å². The van der Waals surface area contributed by atoms with Crippen molar-refractivity contribution in [3.8, 4) is 0 Å². The van der Waals surface area contributed by atoms with Gasteiger partial charge in [-0.15, -0.1) is 5.10 Å². The maximum absolute atomic E-state index is 6.14. The predicted octanol–water partition coefficient (Wildman–Crippen LogP) is 3.67. The Balaban J connectivity index is 1.71. The molecule has 5 nitrogen and oxygen atoms in total. The number of ether oxygens (including phenoxy) is 1. The van der Waals surface area contributed by atoms with E-state index in [1.165, 1.54) is 11.3 Å². The van der Waals surface area contributed by atoms with E-state index in [0.717, 1.165) is 51.7 Å². The number of nitrogens with one attached hydrogen (secondary N) is 1. The van der Waals surface area contributed by atoms with Crippen LogP contribution in [-0.2, 0) is 11.4 Å². The van der Waals surface area contributed by atoms with Gasteiger partial charge in [0.1, 0.15) is 0 Å². The standard InChI is InChI=1S/C14H17ClN4OS2/c1-10-2-3-11(8-12(10)15)16-13-17-19(14(21)22-13)9-18-4-6-20-7-5-18/h2-3,8H,4-7,9H2,1H3,(H,16,17). The Hall–Kier alpha value is -0.990. The van der Waals surface area contributed by atoms with E-state index in [1.54, 1.807) is 0 Å². The Labute approximate surface area is 143 Å². The van der Waals surface area contributed by atoms with Crippen LogP contribution in [0.15, 0.2) is 18.2 Å². The van der Waals surface area contributed by atoms with Crippen LogP contribution in [-0.4, -0.2) is 41.0 Å². The van der Waals surface area contributed by atoms with Gasteiger partial charge in [0.25, 0.3) is 0 Å². The van der Waals surface area contributed by atoms with Crippen LogP contribution in [0.5, 0.6) is 0 Å². The topological polar surface area (TPSA) is 42.3 Å². The van der Waals surface area contributed by atoms with Crippen LogP contribution < -0.4 is 5.32 Å². The van der Waals surface area contributed by atoms with Gasteiger partial charge in [-0.1, -0.05) is 29.0 Å². The average Bonchev–Trinajstić information content (AvgIpc) is 2.84. The molecule has 0 saturated carbocycles. The van der Waals surface area contributed by atoms with Crippen molar-refractivity contribution < 1.29 is 4.74 Å². The number of aromatic nitrogens is 2. The molecule has 22 heavy (non-hydrogen) atoms. The minimum Gasteiger partial charge on any atom is -0.379 e. The number of nitrogens with zero attached hydrogens (tertiary/aromatic N) is 3. The van der Waals surface area contributed by atoms with Crippen LogP contribution in [0.3, 0.4) is 0 Å². The summed E-state index contributed by atoms with van der Waals surface area (Å²) in [6.45, 7) is 6.04. The molecule has 3 rings (SSSR count). The molecule has 0 amide bonds. The predicted molar refractivity (Wildman–Crippen MR) is 92.8 cm³/mol. The molecule has 2 aromatic rings. The van der Waals surface area contributed by atoms with Gasteiger partial charge in [-0.3, -0.25) is 4.90 Å². The molecular formula is C14H17ClN4OS2. The number of aryl methyl sites for hydroxylation is 1. The van der Waals surface area contributed by atoms with Gasteiger partial charge in [-0.2, -0.15) is 0 Å². The second-order valence-electron chi connectivity index (χ2n) is 5.13. The first-order valence-corrected chi connectivity index (χ1v) is 8.63. The molecule has 1 fully saturated rings. The molecule has 1 aliphatic rings. The molecule has 8 heteroatoms. The number of morpholine rings is 1. The van der Waals surface area contributed by atoms with E-state index in [9.17, 15) is 0 Å². The minimum absolute atomic E-state index is 0.703. The molecule has 0 bridgehead atoms. The molecule has 0 aliphatic carbocycles. The Bertz CT molecular complexity index is 709. The zero-order valence-corrected chi connectivity index (χ0v) is 14.6. The van der Waals surface area contributed by atoms with Crippen LogP contribution in [0.1, 0.15) is 5.56 Å². The van der Waals surface area contributed by atoms with Crippen LogP contribution >= 0.6 is 35.2 Å². The summed E-state index contributed by atoms with van der Waals surface area (Å²) in [7, 11) is 0. The molecule has 1 saturated heterocycles. The normalized spacial score (nSPS) is 15.9. The highest BCUT2D eigenvalue weighted by atomic mass is 35.5. The van der Waals surface area contributed by atoms with E-state index in [4.69, 9.17) is 28.6 Å². The lowest BCUT2D eigenvalue weighted by Crippen LogP contribution is -2.37.